The molecule has 1 aromatic rings. The summed E-state index contributed by atoms with van der Waals surface area (Å²) in [5.41, 5.74) is 0.465. The van der Waals surface area contributed by atoms with Gasteiger partial charge >= 0.3 is 5.69 Å². The van der Waals surface area contributed by atoms with Crippen molar-refractivity contribution in [2.45, 2.75) is 20.8 Å². The lowest BCUT2D eigenvalue weighted by Crippen LogP contribution is -2.07. The summed E-state index contributed by atoms with van der Waals surface area (Å²) >= 11 is 0. The van der Waals surface area contributed by atoms with Gasteiger partial charge in [0.1, 0.15) is 0 Å². The number of nitrogens with one attached hydrogen (secondary N) is 1. The van der Waals surface area contributed by atoms with E-state index in [0.29, 0.717) is 17.7 Å². The summed E-state index contributed by atoms with van der Waals surface area (Å²) in [5, 5.41) is 24.6. The van der Waals surface area contributed by atoms with Crippen LogP contribution in [0.5, 0.6) is 0 Å². The van der Waals surface area contributed by atoms with Crippen LogP contribution in [0.3, 0.4) is 0 Å². The molecule has 7 nitrogen and oxygen atoms in total. The topological polar surface area (TPSA) is 98.3 Å². The van der Waals surface area contributed by atoms with Gasteiger partial charge in [0, 0.05) is 18.2 Å². The van der Waals surface area contributed by atoms with Crippen molar-refractivity contribution < 1.29 is 9.85 Å². The second-order valence-electron chi connectivity index (χ2n) is 3.61. The number of nitro benzene ring substituents is 2. The summed E-state index contributed by atoms with van der Waals surface area (Å²) in [6.07, 6.45) is 0. The molecule has 0 aromatic heterocycles. The standard InChI is InChI=1S/C10H13N3O4/c1-4-11-9-8(12(14)15)5-6(2)7(3)10(9)13(16)17/h5,11H,4H2,1-3H3. The van der Waals surface area contributed by atoms with Crippen molar-refractivity contribution in [2.24, 2.45) is 0 Å². The molecule has 0 saturated heterocycles. The van der Waals surface area contributed by atoms with Crippen molar-refractivity contribution in [1.29, 1.82) is 0 Å². The van der Waals surface area contributed by atoms with Gasteiger partial charge in [0.2, 0.25) is 0 Å². The van der Waals surface area contributed by atoms with E-state index < -0.39 is 9.85 Å². The number of aryl methyl sites for hydroxylation is 1. The van der Waals surface area contributed by atoms with Crippen LogP contribution in [0.2, 0.25) is 0 Å². The number of benzene rings is 1. The lowest BCUT2D eigenvalue weighted by molar-refractivity contribution is -0.392. The number of nitrogens with zero attached hydrogens (tertiary/aromatic N) is 2. The zero-order chi connectivity index (χ0) is 13.2. The maximum Gasteiger partial charge on any atom is 0.302 e. The van der Waals surface area contributed by atoms with Crippen LogP contribution < -0.4 is 5.32 Å². The highest BCUT2D eigenvalue weighted by molar-refractivity contribution is 5.77. The van der Waals surface area contributed by atoms with Crippen LogP contribution in [0, 0.1) is 34.1 Å². The van der Waals surface area contributed by atoms with Crippen LogP contribution in [-0.2, 0) is 0 Å². The van der Waals surface area contributed by atoms with Crippen molar-refractivity contribution >= 4 is 17.1 Å². The van der Waals surface area contributed by atoms with Crippen molar-refractivity contribution in [3.05, 3.63) is 37.4 Å². The molecule has 0 aliphatic heterocycles. The Morgan fingerprint density at radius 2 is 1.82 bits per heavy atom. The number of hydrogen-bond acceptors (Lipinski definition) is 5. The normalized spacial score (nSPS) is 10.1. The van der Waals surface area contributed by atoms with Crippen LogP contribution in [-0.4, -0.2) is 16.4 Å². The summed E-state index contributed by atoms with van der Waals surface area (Å²) in [6, 6.07) is 1.35. The van der Waals surface area contributed by atoms with Crippen molar-refractivity contribution in [1.82, 2.24) is 0 Å². The number of anilines is 1. The second kappa shape index (κ2) is 4.77. The fourth-order valence-electron chi connectivity index (χ4n) is 1.60. The van der Waals surface area contributed by atoms with Crippen LogP contribution in [0.15, 0.2) is 6.07 Å². The van der Waals surface area contributed by atoms with Gasteiger partial charge in [0.05, 0.1) is 9.85 Å². The number of hydrogen-bond donors (Lipinski definition) is 1. The van der Waals surface area contributed by atoms with E-state index in [4.69, 9.17) is 0 Å². The fourth-order valence-corrected chi connectivity index (χ4v) is 1.60. The summed E-state index contributed by atoms with van der Waals surface area (Å²) in [7, 11) is 0. The molecule has 0 heterocycles. The highest BCUT2D eigenvalue weighted by Gasteiger charge is 2.28. The van der Waals surface area contributed by atoms with Crippen LogP contribution in [0.1, 0.15) is 18.1 Å². The minimum Gasteiger partial charge on any atom is -0.374 e. The Balaban J connectivity index is 3.63. The Morgan fingerprint density at radius 3 is 2.24 bits per heavy atom. The van der Waals surface area contributed by atoms with Gasteiger partial charge in [-0.1, -0.05) is 0 Å². The Bertz CT molecular complexity index is 485. The molecule has 0 saturated carbocycles. The Labute approximate surface area is 97.7 Å². The van der Waals surface area contributed by atoms with E-state index in [2.05, 4.69) is 5.32 Å². The smallest absolute Gasteiger partial charge is 0.302 e. The summed E-state index contributed by atoms with van der Waals surface area (Å²) in [5.74, 6) is 0. The Hall–Kier alpha value is -2.18. The van der Waals surface area contributed by atoms with Crippen LogP contribution >= 0.6 is 0 Å². The van der Waals surface area contributed by atoms with Gasteiger partial charge in [-0.2, -0.15) is 0 Å². The largest absolute Gasteiger partial charge is 0.374 e. The molecular formula is C10H13N3O4. The van der Waals surface area contributed by atoms with E-state index >= 15 is 0 Å². The average Bonchev–Trinajstić information content (AvgIpc) is 2.22. The molecule has 1 aromatic carbocycles. The van der Waals surface area contributed by atoms with E-state index in [1.807, 2.05) is 0 Å². The fraction of sp³-hybridized carbons (Fsp3) is 0.400. The predicted octanol–water partition coefficient (Wildman–Crippen LogP) is 2.55. The first-order valence-corrected chi connectivity index (χ1v) is 5.07. The molecule has 0 radical (unpaired) electrons. The van der Waals surface area contributed by atoms with Gasteiger partial charge in [0.15, 0.2) is 5.69 Å². The lowest BCUT2D eigenvalue weighted by atomic mass is 10.0. The van der Waals surface area contributed by atoms with Crippen LogP contribution in [0.25, 0.3) is 0 Å². The van der Waals surface area contributed by atoms with Crippen molar-refractivity contribution in [3.8, 4) is 0 Å². The van der Waals surface area contributed by atoms with Crippen molar-refractivity contribution in [2.75, 3.05) is 11.9 Å². The molecule has 0 bridgehead atoms. The average molecular weight is 239 g/mol. The van der Waals surface area contributed by atoms with E-state index in [-0.39, 0.29) is 17.1 Å². The van der Waals surface area contributed by atoms with Gasteiger partial charge < -0.3 is 5.32 Å². The van der Waals surface area contributed by atoms with E-state index in [1.54, 1.807) is 20.8 Å². The highest BCUT2D eigenvalue weighted by atomic mass is 16.6. The molecule has 0 atom stereocenters. The molecule has 7 heteroatoms. The molecule has 0 spiro atoms. The first kappa shape index (κ1) is 12.9. The maximum absolute atomic E-state index is 11.0. The van der Waals surface area contributed by atoms with E-state index in [0.717, 1.165) is 0 Å². The second-order valence-corrected chi connectivity index (χ2v) is 3.61. The molecule has 1 N–H and O–H groups in total. The highest BCUT2D eigenvalue weighted by Crippen LogP contribution is 2.38. The monoisotopic (exact) mass is 239 g/mol. The van der Waals surface area contributed by atoms with Crippen LogP contribution in [0.4, 0.5) is 17.1 Å². The number of rotatable bonds is 4. The maximum atomic E-state index is 11.0. The summed E-state index contributed by atoms with van der Waals surface area (Å²) in [6.45, 7) is 5.30. The molecule has 17 heavy (non-hydrogen) atoms. The Morgan fingerprint density at radius 1 is 1.24 bits per heavy atom. The first-order chi connectivity index (χ1) is 7.90. The Kier molecular flexibility index (Phi) is 3.62. The number of nitro groups is 2. The third-order valence-electron chi connectivity index (χ3n) is 2.53. The zero-order valence-electron chi connectivity index (χ0n) is 9.81. The molecule has 0 aliphatic rings. The lowest BCUT2D eigenvalue weighted by Gasteiger charge is -2.09. The van der Waals surface area contributed by atoms with E-state index in [9.17, 15) is 20.2 Å². The van der Waals surface area contributed by atoms with Crippen molar-refractivity contribution in [3.63, 3.8) is 0 Å². The molecule has 92 valence electrons. The van der Waals surface area contributed by atoms with Gasteiger partial charge in [-0.15, -0.1) is 0 Å². The molecule has 0 amide bonds. The van der Waals surface area contributed by atoms with Gasteiger partial charge in [0.25, 0.3) is 5.69 Å². The molecule has 0 fully saturated rings. The third kappa shape index (κ3) is 2.32. The minimum atomic E-state index is -0.614. The quantitative estimate of drug-likeness (QED) is 0.643. The zero-order valence-corrected chi connectivity index (χ0v) is 9.81. The summed E-state index contributed by atoms with van der Waals surface area (Å²) in [4.78, 5) is 20.7. The third-order valence-corrected chi connectivity index (χ3v) is 2.53. The van der Waals surface area contributed by atoms with Gasteiger partial charge in [-0.3, -0.25) is 20.2 Å². The SMILES string of the molecule is CCNc1c([N+](=O)[O-])cc(C)c(C)c1[N+](=O)[O-]. The molecular weight excluding hydrogens is 226 g/mol. The predicted molar refractivity (Wildman–Crippen MR) is 63.4 cm³/mol. The first-order valence-electron chi connectivity index (χ1n) is 5.07. The molecule has 0 unspecified atom stereocenters. The minimum absolute atomic E-state index is 0.0226. The molecule has 0 aliphatic carbocycles. The van der Waals surface area contributed by atoms with E-state index in [1.165, 1.54) is 6.07 Å². The van der Waals surface area contributed by atoms with Gasteiger partial charge in [-0.25, -0.2) is 0 Å². The molecule has 1 rings (SSSR count). The van der Waals surface area contributed by atoms with Gasteiger partial charge in [-0.05, 0) is 26.3 Å². The summed E-state index contributed by atoms with van der Waals surface area (Å²) < 4.78 is 0.